The number of thiazole rings is 1. The number of amides is 1. The number of para-hydroxylation sites is 1. The third-order valence-corrected chi connectivity index (χ3v) is 10.0. The molecule has 1 atom stereocenters. The second kappa shape index (κ2) is 12.5. The summed E-state index contributed by atoms with van der Waals surface area (Å²) in [7, 11) is 1.63. The van der Waals surface area contributed by atoms with E-state index >= 15 is 0 Å². The van der Waals surface area contributed by atoms with Crippen LogP contribution in [0, 0.1) is 0 Å². The van der Waals surface area contributed by atoms with E-state index in [9.17, 15) is 9.59 Å². The fourth-order valence-electron chi connectivity index (χ4n) is 6.73. The Bertz CT molecular complexity index is 2360. The molecule has 1 aliphatic heterocycles. The number of fused-ring (bicyclic) bond motifs is 3. The Hall–Kier alpha value is -5.21. The van der Waals surface area contributed by atoms with Crippen LogP contribution in [0.1, 0.15) is 43.5 Å². The molecule has 0 fully saturated rings. The van der Waals surface area contributed by atoms with Gasteiger partial charge in [0.1, 0.15) is 11.8 Å². The fourth-order valence-corrected chi connectivity index (χ4v) is 7.76. The predicted molar refractivity (Wildman–Crippen MR) is 190 cm³/mol. The van der Waals surface area contributed by atoms with Crippen molar-refractivity contribution in [2.45, 2.75) is 33.4 Å². The second-order valence-corrected chi connectivity index (χ2v) is 12.7. The third-order valence-electron chi connectivity index (χ3n) is 9.03. The Morgan fingerprint density at radius 2 is 1.64 bits per heavy atom. The Kier molecular flexibility index (Phi) is 8.12. The van der Waals surface area contributed by atoms with Gasteiger partial charge >= 0.3 is 0 Å². The summed E-state index contributed by atoms with van der Waals surface area (Å²) in [4.78, 5) is 36.1. The quantitative estimate of drug-likeness (QED) is 0.197. The van der Waals surface area contributed by atoms with Crippen LogP contribution < -0.4 is 19.6 Å². The Morgan fingerprint density at radius 1 is 0.936 bits per heavy atom. The van der Waals surface area contributed by atoms with Gasteiger partial charge in [0.2, 0.25) is 0 Å². The summed E-state index contributed by atoms with van der Waals surface area (Å²) >= 11 is 1.35. The average molecular weight is 641 g/mol. The van der Waals surface area contributed by atoms with Crippen LogP contribution in [0.3, 0.4) is 0 Å². The summed E-state index contributed by atoms with van der Waals surface area (Å²) < 4.78 is 10.4. The van der Waals surface area contributed by atoms with Crippen LogP contribution in [0.4, 0.5) is 0 Å². The minimum Gasteiger partial charge on any atom is -0.496 e. The first-order valence-corrected chi connectivity index (χ1v) is 16.7. The van der Waals surface area contributed by atoms with Gasteiger partial charge in [-0.2, -0.15) is 0 Å². The lowest BCUT2D eigenvalue weighted by atomic mass is 9.90. The number of aromatic nitrogens is 2. The molecule has 236 valence electrons. The van der Waals surface area contributed by atoms with Gasteiger partial charge in [0.25, 0.3) is 11.5 Å². The standard InChI is InChI=1S/C39H36N4O3S/c1-5-41(6-2)38(45)34-25(3)40-39-43(36(34)35-30-18-11-10-16-27(30)20-21-32(35)46-4)37(44)33(47-39)22-28-24-42(23-26-14-8-7-9-15-26)31-19-13-12-17-29(28)31/h7-22,24,36H,5-6,23H2,1-4H3/b33-22+/t36-/m0/s1. The molecule has 1 amide bonds. The van der Waals surface area contributed by atoms with E-state index in [1.165, 1.54) is 16.9 Å². The van der Waals surface area contributed by atoms with Crippen LogP contribution in [0.15, 0.2) is 118 Å². The molecule has 6 aromatic rings. The Balaban J connectivity index is 1.47. The number of allylic oxidation sites excluding steroid dienone is 1. The molecule has 4 aromatic carbocycles. The van der Waals surface area contributed by atoms with Crippen LogP contribution >= 0.6 is 11.3 Å². The van der Waals surface area contributed by atoms with Gasteiger partial charge in [0, 0.05) is 47.9 Å². The molecule has 3 heterocycles. The maximum Gasteiger partial charge on any atom is 0.271 e. The van der Waals surface area contributed by atoms with Gasteiger partial charge in [0.05, 0.1) is 22.9 Å². The maximum absolute atomic E-state index is 14.6. The van der Waals surface area contributed by atoms with E-state index in [0.717, 1.165) is 32.8 Å². The van der Waals surface area contributed by atoms with Crippen molar-refractivity contribution < 1.29 is 9.53 Å². The van der Waals surface area contributed by atoms with Crippen molar-refractivity contribution in [1.29, 1.82) is 0 Å². The van der Waals surface area contributed by atoms with Gasteiger partial charge in [-0.15, -0.1) is 0 Å². The topological polar surface area (TPSA) is 68.8 Å². The molecule has 7 nitrogen and oxygen atoms in total. The van der Waals surface area contributed by atoms with Crippen molar-refractivity contribution in [3.8, 4) is 5.75 Å². The number of carbonyl (C=O) groups excluding carboxylic acids is 1. The molecule has 7 rings (SSSR count). The van der Waals surface area contributed by atoms with Gasteiger partial charge in [-0.1, -0.05) is 90.2 Å². The number of ether oxygens (including phenoxy) is 1. The highest BCUT2D eigenvalue weighted by molar-refractivity contribution is 7.07. The molecule has 0 aliphatic carbocycles. The van der Waals surface area contributed by atoms with Crippen molar-refractivity contribution in [3.05, 3.63) is 145 Å². The van der Waals surface area contributed by atoms with E-state index in [-0.39, 0.29) is 11.5 Å². The Morgan fingerprint density at radius 3 is 2.38 bits per heavy atom. The second-order valence-electron chi connectivity index (χ2n) is 11.7. The minimum absolute atomic E-state index is 0.130. The zero-order valence-corrected chi connectivity index (χ0v) is 27.8. The summed E-state index contributed by atoms with van der Waals surface area (Å²) in [6.07, 6.45) is 4.08. The number of hydrogen-bond acceptors (Lipinski definition) is 5. The van der Waals surface area contributed by atoms with Crippen molar-refractivity contribution in [3.63, 3.8) is 0 Å². The summed E-state index contributed by atoms with van der Waals surface area (Å²) in [5, 5.41) is 2.99. The largest absolute Gasteiger partial charge is 0.496 e. The van der Waals surface area contributed by atoms with Crippen molar-refractivity contribution in [2.75, 3.05) is 20.2 Å². The smallest absolute Gasteiger partial charge is 0.271 e. The van der Waals surface area contributed by atoms with Crippen LogP contribution in [-0.4, -0.2) is 40.1 Å². The highest BCUT2D eigenvalue weighted by Crippen LogP contribution is 2.40. The van der Waals surface area contributed by atoms with Crippen LogP contribution in [0.25, 0.3) is 27.8 Å². The number of nitrogens with zero attached hydrogens (tertiary/aromatic N) is 4. The van der Waals surface area contributed by atoms with Crippen molar-refractivity contribution in [1.82, 2.24) is 14.0 Å². The molecular formula is C39H36N4O3S. The van der Waals surface area contributed by atoms with Crippen LogP contribution in [-0.2, 0) is 11.3 Å². The van der Waals surface area contributed by atoms with Gasteiger partial charge in [-0.3, -0.25) is 14.2 Å². The summed E-state index contributed by atoms with van der Waals surface area (Å²) in [5.41, 5.74) is 4.93. The summed E-state index contributed by atoms with van der Waals surface area (Å²) in [6, 6.07) is 29.8. The summed E-state index contributed by atoms with van der Waals surface area (Å²) in [5.74, 6) is 0.487. The van der Waals surface area contributed by atoms with Gasteiger partial charge in [-0.25, -0.2) is 4.99 Å². The molecule has 2 aromatic heterocycles. The van der Waals surface area contributed by atoms with Gasteiger partial charge in [-0.05, 0) is 55.3 Å². The highest BCUT2D eigenvalue weighted by Gasteiger charge is 2.36. The zero-order chi connectivity index (χ0) is 32.7. The van der Waals surface area contributed by atoms with E-state index in [1.54, 1.807) is 16.6 Å². The lowest BCUT2D eigenvalue weighted by molar-refractivity contribution is -0.127. The number of methoxy groups -OCH3 is 1. The first-order chi connectivity index (χ1) is 22.9. The molecule has 0 radical (unpaired) electrons. The first kappa shape index (κ1) is 30.4. The van der Waals surface area contributed by atoms with Gasteiger partial charge in [0.15, 0.2) is 4.80 Å². The monoisotopic (exact) mass is 640 g/mol. The third kappa shape index (κ3) is 5.28. The molecule has 47 heavy (non-hydrogen) atoms. The Labute approximate surface area is 277 Å². The van der Waals surface area contributed by atoms with E-state index in [1.807, 2.05) is 93.6 Å². The highest BCUT2D eigenvalue weighted by atomic mass is 32.1. The maximum atomic E-state index is 14.6. The number of benzene rings is 4. The van der Waals surface area contributed by atoms with E-state index in [2.05, 4.69) is 35.0 Å². The molecule has 0 saturated carbocycles. The van der Waals surface area contributed by atoms with E-state index in [0.29, 0.717) is 46.0 Å². The molecule has 1 aliphatic rings. The molecule has 0 bridgehead atoms. The number of carbonyl (C=O) groups is 1. The lowest BCUT2D eigenvalue weighted by Gasteiger charge is -2.30. The van der Waals surface area contributed by atoms with Crippen molar-refractivity contribution >= 4 is 45.0 Å². The molecule has 8 heteroatoms. The van der Waals surface area contributed by atoms with E-state index in [4.69, 9.17) is 9.73 Å². The predicted octanol–water partition coefficient (Wildman–Crippen LogP) is 6.27. The molecule has 0 unspecified atom stereocenters. The molecule has 0 saturated heterocycles. The molecule has 0 N–H and O–H groups in total. The van der Waals surface area contributed by atoms with E-state index < -0.39 is 6.04 Å². The average Bonchev–Trinajstić information content (AvgIpc) is 3.60. The van der Waals surface area contributed by atoms with Crippen LogP contribution in [0.5, 0.6) is 5.75 Å². The molecule has 0 spiro atoms. The fraction of sp³-hybridized carbons (Fsp3) is 0.205. The molecular weight excluding hydrogens is 605 g/mol. The lowest BCUT2D eigenvalue weighted by Crippen LogP contribution is -2.43. The van der Waals surface area contributed by atoms with Crippen molar-refractivity contribution in [2.24, 2.45) is 4.99 Å². The minimum atomic E-state index is -0.720. The van der Waals surface area contributed by atoms with Crippen LogP contribution in [0.2, 0.25) is 0 Å². The normalized spacial score (nSPS) is 14.8. The zero-order valence-electron chi connectivity index (χ0n) is 26.9. The summed E-state index contributed by atoms with van der Waals surface area (Å²) in [6.45, 7) is 7.61. The van der Waals surface area contributed by atoms with Gasteiger partial charge < -0.3 is 14.2 Å². The number of hydrogen-bond donors (Lipinski definition) is 0. The first-order valence-electron chi connectivity index (χ1n) is 15.9. The SMILES string of the molecule is CCN(CC)C(=O)C1=C(C)N=c2s/c(=C/c3cn(Cc4ccccc4)c4ccccc34)c(=O)n2[C@@H]1c1c(OC)ccc2ccccc12. The number of rotatable bonds is 8. The number of likely N-dealkylation sites (N-methyl/N-ethyl adjacent to an activating group) is 1.